The van der Waals surface area contributed by atoms with E-state index in [1.165, 1.54) is 49.0 Å². The van der Waals surface area contributed by atoms with Gasteiger partial charge in [-0.25, -0.2) is 0 Å². The summed E-state index contributed by atoms with van der Waals surface area (Å²) in [6.07, 6.45) is 10.1. The molecule has 0 spiro atoms. The molecule has 6 nitrogen and oxygen atoms in total. The van der Waals surface area contributed by atoms with Gasteiger partial charge in [0.25, 0.3) is 0 Å². The summed E-state index contributed by atoms with van der Waals surface area (Å²) in [6, 6.07) is 7.01. The van der Waals surface area contributed by atoms with Crippen molar-refractivity contribution in [3.63, 3.8) is 0 Å². The molecule has 0 aliphatic heterocycles. The normalized spacial score (nSPS) is 15.4. The van der Waals surface area contributed by atoms with Crippen LogP contribution in [-0.4, -0.2) is 16.1 Å². The van der Waals surface area contributed by atoms with Crippen LogP contribution in [0.4, 0.5) is 5.13 Å². The Morgan fingerprint density at radius 2 is 2.00 bits per heavy atom. The number of nitrogens with zero attached hydrogens (tertiary/aromatic N) is 2. The van der Waals surface area contributed by atoms with Crippen LogP contribution in [0.2, 0.25) is 0 Å². The molecule has 1 fully saturated rings. The number of anilines is 1. The second-order valence-electron chi connectivity index (χ2n) is 6.62. The maximum absolute atomic E-state index is 12.4. The highest BCUT2D eigenvalue weighted by molar-refractivity contribution is 7.15. The molecular formula is C20H19N3O3S. The molecule has 4 rings (SSSR count). The smallest absolute Gasteiger partial charge is 0.250 e. The third-order valence-electron chi connectivity index (χ3n) is 4.75. The largest absolute Gasteiger partial charge is 0.463 e. The van der Waals surface area contributed by atoms with Crippen LogP contribution in [0.5, 0.6) is 0 Å². The van der Waals surface area contributed by atoms with Crippen LogP contribution in [0.1, 0.15) is 48.6 Å². The van der Waals surface area contributed by atoms with E-state index in [4.69, 9.17) is 4.42 Å². The van der Waals surface area contributed by atoms with E-state index >= 15 is 0 Å². The van der Waals surface area contributed by atoms with E-state index in [0.29, 0.717) is 27.6 Å². The maximum atomic E-state index is 12.4. The number of fused-ring (bicyclic) bond motifs is 1. The molecule has 3 aromatic rings. The molecule has 138 valence electrons. The van der Waals surface area contributed by atoms with Crippen molar-refractivity contribution in [2.45, 2.75) is 38.0 Å². The van der Waals surface area contributed by atoms with Crippen molar-refractivity contribution >= 4 is 39.4 Å². The zero-order chi connectivity index (χ0) is 18.6. The first-order chi connectivity index (χ1) is 13.2. The highest BCUT2D eigenvalue weighted by atomic mass is 32.1. The van der Waals surface area contributed by atoms with Crippen molar-refractivity contribution in [1.29, 1.82) is 0 Å². The first kappa shape index (κ1) is 17.6. The first-order valence-corrected chi connectivity index (χ1v) is 9.85. The lowest BCUT2D eigenvalue weighted by Crippen LogP contribution is -2.09. The van der Waals surface area contributed by atoms with Gasteiger partial charge in [-0.3, -0.25) is 14.9 Å². The summed E-state index contributed by atoms with van der Waals surface area (Å²) in [7, 11) is 0. The SMILES string of the molecule is O=C(/C=C/c1coc2ccccc2c1=O)Nc1nnc(C2CCCCC2)s1. The average Bonchev–Trinajstić information content (AvgIpc) is 3.17. The van der Waals surface area contributed by atoms with Gasteiger partial charge in [-0.05, 0) is 31.1 Å². The van der Waals surface area contributed by atoms with Crippen LogP contribution in [0.15, 0.2) is 45.8 Å². The topological polar surface area (TPSA) is 85.1 Å². The summed E-state index contributed by atoms with van der Waals surface area (Å²) < 4.78 is 5.44. The third-order valence-corrected chi connectivity index (χ3v) is 5.75. The molecule has 0 unspecified atom stereocenters. The molecule has 1 aromatic carbocycles. The van der Waals surface area contributed by atoms with Gasteiger partial charge in [0.1, 0.15) is 16.9 Å². The van der Waals surface area contributed by atoms with E-state index in [-0.39, 0.29) is 11.3 Å². The molecule has 7 heteroatoms. The fourth-order valence-electron chi connectivity index (χ4n) is 3.32. The summed E-state index contributed by atoms with van der Waals surface area (Å²) in [6.45, 7) is 0. The number of nitrogens with one attached hydrogen (secondary N) is 1. The Kier molecular flexibility index (Phi) is 5.11. The van der Waals surface area contributed by atoms with Gasteiger partial charge in [0.2, 0.25) is 11.0 Å². The standard InChI is InChI=1S/C20H19N3O3S/c24-17(21-20-23-22-19(27-20)13-6-2-1-3-7-13)11-10-14-12-26-16-9-5-4-8-15(16)18(14)25/h4-5,8-13H,1-3,6-7H2,(H,21,23,24)/b11-10+. The van der Waals surface area contributed by atoms with E-state index < -0.39 is 0 Å². The van der Waals surface area contributed by atoms with E-state index in [1.807, 2.05) is 0 Å². The summed E-state index contributed by atoms with van der Waals surface area (Å²) >= 11 is 1.43. The Bertz CT molecular complexity index is 1050. The van der Waals surface area contributed by atoms with Gasteiger partial charge >= 0.3 is 0 Å². The number of hydrogen-bond acceptors (Lipinski definition) is 6. The third kappa shape index (κ3) is 3.98. The summed E-state index contributed by atoms with van der Waals surface area (Å²) in [5.41, 5.74) is 0.675. The van der Waals surface area contributed by atoms with Gasteiger partial charge in [0.05, 0.1) is 10.9 Å². The number of para-hydroxylation sites is 1. The molecule has 1 amide bonds. The number of carbonyl (C=O) groups excluding carboxylic acids is 1. The number of rotatable bonds is 4. The van der Waals surface area contributed by atoms with E-state index in [1.54, 1.807) is 24.3 Å². The zero-order valence-corrected chi connectivity index (χ0v) is 15.5. The van der Waals surface area contributed by atoms with Crippen molar-refractivity contribution in [1.82, 2.24) is 10.2 Å². The number of benzene rings is 1. The summed E-state index contributed by atoms with van der Waals surface area (Å²) in [4.78, 5) is 24.6. The molecule has 0 saturated heterocycles. The minimum absolute atomic E-state index is 0.170. The Morgan fingerprint density at radius 1 is 1.19 bits per heavy atom. The van der Waals surface area contributed by atoms with Crippen molar-refractivity contribution in [3.05, 3.63) is 57.4 Å². The first-order valence-electron chi connectivity index (χ1n) is 9.04. The fraction of sp³-hybridized carbons (Fsp3) is 0.300. The van der Waals surface area contributed by atoms with Gasteiger partial charge in [0, 0.05) is 12.0 Å². The van der Waals surface area contributed by atoms with Gasteiger partial charge in [-0.2, -0.15) is 0 Å². The Balaban J connectivity index is 1.44. The highest BCUT2D eigenvalue weighted by Crippen LogP contribution is 2.35. The quantitative estimate of drug-likeness (QED) is 0.679. The van der Waals surface area contributed by atoms with Crippen LogP contribution in [0.25, 0.3) is 17.0 Å². The van der Waals surface area contributed by atoms with E-state index in [2.05, 4.69) is 15.5 Å². The summed E-state index contributed by atoms with van der Waals surface area (Å²) in [5.74, 6) is 0.105. The van der Waals surface area contributed by atoms with Gasteiger partial charge in [-0.15, -0.1) is 10.2 Å². The number of hydrogen-bond donors (Lipinski definition) is 1. The van der Waals surface area contributed by atoms with Crippen LogP contribution < -0.4 is 10.7 Å². The Labute approximate surface area is 159 Å². The lowest BCUT2D eigenvalue weighted by atomic mass is 9.90. The van der Waals surface area contributed by atoms with Crippen LogP contribution in [0.3, 0.4) is 0 Å². The predicted molar refractivity (Wildman–Crippen MR) is 106 cm³/mol. The molecule has 2 heterocycles. The Hall–Kier alpha value is -2.80. The van der Waals surface area contributed by atoms with E-state index in [0.717, 1.165) is 17.8 Å². The molecule has 0 radical (unpaired) electrons. The van der Waals surface area contributed by atoms with Crippen molar-refractivity contribution < 1.29 is 9.21 Å². The molecule has 1 aliphatic carbocycles. The predicted octanol–water partition coefficient (Wildman–Crippen LogP) is 4.34. The van der Waals surface area contributed by atoms with Gasteiger partial charge < -0.3 is 4.42 Å². The maximum Gasteiger partial charge on any atom is 0.250 e. The van der Waals surface area contributed by atoms with E-state index in [9.17, 15) is 9.59 Å². The summed E-state index contributed by atoms with van der Waals surface area (Å²) in [5, 5.41) is 13.0. The fourth-order valence-corrected chi connectivity index (χ4v) is 4.24. The highest BCUT2D eigenvalue weighted by Gasteiger charge is 2.20. The molecule has 1 saturated carbocycles. The Morgan fingerprint density at radius 3 is 2.85 bits per heavy atom. The molecule has 0 atom stereocenters. The molecule has 27 heavy (non-hydrogen) atoms. The molecule has 1 N–H and O–H groups in total. The van der Waals surface area contributed by atoms with Gasteiger partial charge in [-0.1, -0.05) is 42.7 Å². The van der Waals surface area contributed by atoms with Crippen LogP contribution in [0, 0.1) is 0 Å². The molecule has 1 aliphatic rings. The zero-order valence-electron chi connectivity index (χ0n) is 14.7. The monoisotopic (exact) mass is 381 g/mol. The van der Waals surface area contributed by atoms with Crippen LogP contribution >= 0.6 is 11.3 Å². The second-order valence-corrected chi connectivity index (χ2v) is 7.63. The van der Waals surface area contributed by atoms with Crippen molar-refractivity contribution in [2.75, 3.05) is 5.32 Å². The second kappa shape index (κ2) is 7.84. The minimum atomic E-state index is -0.353. The lowest BCUT2D eigenvalue weighted by Gasteiger charge is -2.18. The lowest BCUT2D eigenvalue weighted by molar-refractivity contribution is -0.111. The van der Waals surface area contributed by atoms with Gasteiger partial charge in [0.15, 0.2) is 5.43 Å². The molecule has 2 aromatic heterocycles. The van der Waals surface area contributed by atoms with Crippen molar-refractivity contribution in [3.8, 4) is 0 Å². The number of amides is 1. The molecular weight excluding hydrogens is 362 g/mol. The molecule has 0 bridgehead atoms. The van der Waals surface area contributed by atoms with Crippen molar-refractivity contribution in [2.24, 2.45) is 0 Å². The number of carbonyl (C=O) groups is 1. The number of aromatic nitrogens is 2. The average molecular weight is 381 g/mol. The van der Waals surface area contributed by atoms with Crippen LogP contribution in [-0.2, 0) is 4.79 Å². The minimum Gasteiger partial charge on any atom is -0.463 e.